The van der Waals surface area contributed by atoms with Crippen LogP contribution in [0.5, 0.6) is 5.75 Å². The minimum absolute atomic E-state index is 0.280. The molecule has 0 bridgehead atoms. The van der Waals surface area contributed by atoms with Crippen molar-refractivity contribution >= 4 is 27.5 Å². The Bertz CT molecular complexity index is 616. The maximum absolute atomic E-state index is 13.1. The summed E-state index contributed by atoms with van der Waals surface area (Å²) in [5.74, 6) is -0.0512. The molecule has 0 heterocycles. The summed E-state index contributed by atoms with van der Waals surface area (Å²) in [5.41, 5.74) is 0.987. The molecule has 0 radical (unpaired) electrons. The molecule has 0 fully saturated rings. The predicted octanol–water partition coefficient (Wildman–Crippen LogP) is 3.85. The van der Waals surface area contributed by atoms with Gasteiger partial charge in [0.2, 0.25) is 0 Å². The molecule has 0 aliphatic carbocycles. The highest BCUT2D eigenvalue weighted by Gasteiger charge is 2.08. The first kappa shape index (κ1) is 13.5. The number of hydrogen-bond donors (Lipinski definition) is 1. The van der Waals surface area contributed by atoms with Crippen LogP contribution in [0.4, 0.5) is 10.1 Å². The number of amides is 1. The molecule has 1 amide bonds. The fourth-order valence-electron chi connectivity index (χ4n) is 1.54. The highest BCUT2D eigenvalue weighted by molar-refractivity contribution is 9.10. The van der Waals surface area contributed by atoms with E-state index in [-0.39, 0.29) is 11.7 Å². The molecule has 98 valence electrons. The van der Waals surface area contributed by atoms with Crippen LogP contribution in [0.3, 0.4) is 0 Å². The topological polar surface area (TPSA) is 38.3 Å². The maximum atomic E-state index is 13.1. The lowest BCUT2D eigenvalue weighted by molar-refractivity contribution is 0.102. The van der Waals surface area contributed by atoms with Crippen LogP contribution in [0.1, 0.15) is 10.4 Å². The first-order valence-electron chi connectivity index (χ1n) is 5.50. The smallest absolute Gasteiger partial charge is 0.255 e. The van der Waals surface area contributed by atoms with Crippen LogP contribution in [0.25, 0.3) is 0 Å². The third kappa shape index (κ3) is 3.32. The molecule has 2 aromatic rings. The van der Waals surface area contributed by atoms with E-state index in [4.69, 9.17) is 4.74 Å². The van der Waals surface area contributed by atoms with Crippen LogP contribution in [-0.2, 0) is 0 Å². The van der Waals surface area contributed by atoms with Crippen LogP contribution in [0.15, 0.2) is 46.9 Å². The highest BCUT2D eigenvalue weighted by Crippen LogP contribution is 2.21. The SMILES string of the molecule is COc1cccc(C(=O)Nc2ccc(F)c(Br)c2)c1. The van der Waals surface area contributed by atoms with Gasteiger partial charge in [-0.25, -0.2) is 4.39 Å². The molecule has 0 aromatic heterocycles. The van der Waals surface area contributed by atoms with Crippen LogP contribution in [-0.4, -0.2) is 13.0 Å². The molecule has 19 heavy (non-hydrogen) atoms. The van der Waals surface area contributed by atoms with E-state index in [9.17, 15) is 9.18 Å². The van der Waals surface area contributed by atoms with Crippen LogP contribution < -0.4 is 10.1 Å². The molecule has 2 aromatic carbocycles. The molecule has 3 nitrogen and oxygen atoms in total. The molecule has 0 aliphatic heterocycles. The zero-order valence-corrected chi connectivity index (χ0v) is 11.7. The third-order valence-electron chi connectivity index (χ3n) is 2.51. The van der Waals surface area contributed by atoms with Gasteiger partial charge in [0.05, 0.1) is 11.6 Å². The Morgan fingerprint density at radius 1 is 1.26 bits per heavy atom. The second-order valence-electron chi connectivity index (χ2n) is 3.81. The Morgan fingerprint density at radius 2 is 2.05 bits per heavy atom. The molecule has 0 saturated heterocycles. The summed E-state index contributed by atoms with van der Waals surface area (Å²) in [7, 11) is 1.54. The Balaban J connectivity index is 2.18. The average molecular weight is 324 g/mol. The van der Waals surface area contributed by atoms with E-state index < -0.39 is 0 Å². The summed E-state index contributed by atoms with van der Waals surface area (Å²) in [6.07, 6.45) is 0. The van der Waals surface area contributed by atoms with Gasteiger partial charge >= 0.3 is 0 Å². The minimum Gasteiger partial charge on any atom is -0.497 e. The van der Waals surface area contributed by atoms with E-state index in [0.717, 1.165) is 0 Å². The van der Waals surface area contributed by atoms with Gasteiger partial charge in [-0.2, -0.15) is 0 Å². The van der Waals surface area contributed by atoms with Crippen molar-refractivity contribution in [3.05, 3.63) is 58.3 Å². The third-order valence-corrected chi connectivity index (χ3v) is 3.12. The number of ether oxygens (including phenoxy) is 1. The fourth-order valence-corrected chi connectivity index (χ4v) is 1.92. The van der Waals surface area contributed by atoms with Gasteiger partial charge in [0.25, 0.3) is 5.91 Å². The van der Waals surface area contributed by atoms with Gasteiger partial charge in [0, 0.05) is 11.3 Å². The van der Waals surface area contributed by atoms with Gasteiger partial charge in [-0.05, 0) is 52.3 Å². The molecule has 2 rings (SSSR count). The van der Waals surface area contributed by atoms with E-state index in [2.05, 4.69) is 21.2 Å². The molecule has 0 saturated carbocycles. The van der Waals surface area contributed by atoms with Crippen molar-refractivity contribution in [3.8, 4) is 5.75 Å². The lowest BCUT2D eigenvalue weighted by Crippen LogP contribution is -2.11. The number of hydrogen-bond acceptors (Lipinski definition) is 2. The Morgan fingerprint density at radius 3 is 2.74 bits per heavy atom. The molecule has 0 unspecified atom stereocenters. The van der Waals surface area contributed by atoms with E-state index >= 15 is 0 Å². The Kier molecular flexibility index (Phi) is 4.16. The van der Waals surface area contributed by atoms with Gasteiger partial charge < -0.3 is 10.1 Å². The predicted molar refractivity (Wildman–Crippen MR) is 75.0 cm³/mol. The first-order chi connectivity index (χ1) is 9.10. The monoisotopic (exact) mass is 323 g/mol. The summed E-state index contributed by atoms with van der Waals surface area (Å²) in [6, 6.07) is 11.1. The molecule has 0 atom stereocenters. The standard InChI is InChI=1S/C14H11BrFNO2/c1-19-11-4-2-3-9(7-11)14(18)17-10-5-6-13(16)12(15)8-10/h2-8H,1H3,(H,17,18). The zero-order valence-electron chi connectivity index (χ0n) is 10.1. The van der Waals surface area contributed by atoms with Crippen LogP contribution in [0.2, 0.25) is 0 Å². The number of anilines is 1. The van der Waals surface area contributed by atoms with Crippen LogP contribution in [0, 0.1) is 5.82 Å². The van der Waals surface area contributed by atoms with Gasteiger partial charge in [0.1, 0.15) is 11.6 Å². The summed E-state index contributed by atoms with van der Waals surface area (Å²) < 4.78 is 18.4. The fraction of sp³-hybridized carbons (Fsp3) is 0.0714. The van der Waals surface area contributed by atoms with Crippen molar-refractivity contribution in [2.24, 2.45) is 0 Å². The number of benzene rings is 2. The highest BCUT2D eigenvalue weighted by atomic mass is 79.9. The quantitative estimate of drug-likeness (QED) is 0.931. The Labute approximate surface area is 118 Å². The van der Waals surface area contributed by atoms with Crippen molar-refractivity contribution in [1.29, 1.82) is 0 Å². The first-order valence-corrected chi connectivity index (χ1v) is 6.30. The summed E-state index contributed by atoms with van der Waals surface area (Å²) in [5, 5.41) is 2.69. The second-order valence-corrected chi connectivity index (χ2v) is 4.67. The largest absolute Gasteiger partial charge is 0.497 e. The molecule has 5 heteroatoms. The number of methoxy groups -OCH3 is 1. The van der Waals surface area contributed by atoms with Crippen LogP contribution >= 0.6 is 15.9 Å². The molecule has 0 aliphatic rings. The number of nitrogens with one attached hydrogen (secondary N) is 1. The number of carbonyl (C=O) groups is 1. The lowest BCUT2D eigenvalue weighted by Gasteiger charge is -2.07. The van der Waals surface area contributed by atoms with E-state index in [1.165, 1.54) is 25.3 Å². The molecule has 1 N–H and O–H groups in total. The number of rotatable bonds is 3. The van der Waals surface area contributed by atoms with E-state index in [0.29, 0.717) is 21.5 Å². The molecule has 0 spiro atoms. The zero-order chi connectivity index (χ0) is 13.8. The van der Waals surface area contributed by atoms with Crippen molar-refractivity contribution < 1.29 is 13.9 Å². The van der Waals surface area contributed by atoms with Gasteiger partial charge in [-0.3, -0.25) is 4.79 Å². The number of carbonyl (C=O) groups excluding carboxylic acids is 1. The molecular formula is C14H11BrFNO2. The summed E-state index contributed by atoms with van der Waals surface area (Å²) >= 11 is 3.07. The van der Waals surface area contributed by atoms with Gasteiger partial charge in [-0.1, -0.05) is 6.07 Å². The summed E-state index contributed by atoms with van der Waals surface area (Å²) in [6.45, 7) is 0. The minimum atomic E-state index is -0.376. The maximum Gasteiger partial charge on any atom is 0.255 e. The van der Waals surface area contributed by atoms with E-state index in [1.807, 2.05) is 0 Å². The van der Waals surface area contributed by atoms with Crippen molar-refractivity contribution in [2.45, 2.75) is 0 Å². The lowest BCUT2D eigenvalue weighted by atomic mass is 10.2. The second kappa shape index (κ2) is 5.84. The normalized spacial score (nSPS) is 10.1. The van der Waals surface area contributed by atoms with Crippen molar-refractivity contribution in [1.82, 2.24) is 0 Å². The average Bonchev–Trinajstić information content (AvgIpc) is 2.43. The van der Waals surface area contributed by atoms with Gasteiger partial charge in [-0.15, -0.1) is 0 Å². The summed E-state index contributed by atoms with van der Waals surface area (Å²) in [4.78, 5) is 12.0. The molecular weight excluding hydrogens is 313 g/mol. The van der Waals surface area contributed by atoms with E-state index in [1.54, 1.807) is 24.3 Å². The van der Waals surface area contributed by atoms with Gasteiger partial charge in [0.15, 0.2) is 0 Å². The number of halogens is 2. The Hall–Kier alpha value is -1.88. The van der Waals surface area contributed by atoms with Crippen molar-refractivity contribution in [3.63, 3.8) is 0 Å². The van der Waals surface area contributed by atoms with Crippen molar-refractivity contribution in [2.75, 3.05) is 12.4 Å².